The molecular formula is C29H55N3O6. The van der Waals surface area contributed by atoms with Crippen LogP contribution in [-0.2, 0) is 25.6 Å². The number of aliphatic carboxylic acids is 1. The van der Waals surface area contributed by atoms with Crippen molar-refractivity contribution in [3.05, 3.63) is 29.8 Å². The van der Waals surface area contributed by atoms with Gasteiger partial charge in [-0.15, -0.1) is 0 Å². The van der Waals surface area contributed by atoms with Gasteiger partial charge in [0.1, 0.15) is 12.0 Å². The van der Waals surface area contributed by atoms with Crippen molar-refractivity contribution in [1.29, 1.82) is 0 Å². The van der Waals surface area contributed by atoms with Gasteiger partial charge >= 0.3 is 5.97 Å². The fourth-order valence-electron chi connectivity index (χ4n) is 2.60. The quantitative estimate of drug-likeness (QED) is 0.267. The number of aryl methyl sites for hydroxylation is 1. The van der Waals surface area contributed by atoms with E-state index in [4.69, 9.17) is 15.9 Å². The van der Waals surface area contributed by atoms with Gasteiger partial charge in [-0.1, -0.05) is 73.9 Å². The largest absolute Gasteiger partial charge is 0.508 e. The number of benzene rings is 1. The van der Waals surface area contributed by atoms with Crippen LogP contribution < -0.4 is 16.8 Å². The highest BCUT2D eigenvalue weighted by molar-refractivity contribution is 5.80. The molecule has 1 rings (SSSR count). The standard InChI is InChI=1S/C9H10O2.C9H18O2.C7H16N2O.C2H5NO.C2H6/c10-7-1-2-8-3-5-9(11)6-4-8;1-7(8(10)11)5-6-9(2,3)4;1-4-5(2)6(9-3)7(8)10;1-2(3)4;1-2/h3-7,11H,1-2H2;7H,5-6H2,1-4H3,(H,10,11);5-6,9H,4H2,1-3H3,(H2,8,10);1H3,(H2,3,4);1-2H3/t;;5-,6?;;/m..0../s1. The van der Waals surface area contributed by atoms with Gasteiger partial charge in [-0.25, -0.2) is 0 Å². The number of primary amides is 2. The second-order valence-corrected chi connectivity index (χ2v) is 9.88. The van der Waals surface area contributed by atoms with Crippen LogP contribution in [0.1, 0.15) is 93.6 Å². The van der Waals surface area contributed by atoms with E-state index < -0.39 is 5.97 Å². The maximum absolute atomic E-state index is 10.7. The molecule has 0 heterocycles. The van der Waals surface area contributed by atoms with Gasteiger partial charge in [-0.2, -0.15) is 0 Å². The molecule has 0 spiro atoms. The van der Waals surface area contributed by atoms with Crippen LogP contribution in [0.25, 0.3) is 0 Å². The lowest BCUT2D eigenvalue weighted by Gasteiger charge is -2.18. The summed E-state index contributed by atoms with van der Waals surface area (Å²) in [6, 6.07) is 6.71. The van der Waals surface area contributed by atoms with Crippen LogP contribution in [0, 0.1) is 17.3 Å². The fourth-order valence-corrected chi connectivity index (χ4v) is 2.60. The third-order valence-electron chi connectivity index (χ3n) is 5.07. The molecule has 7 N–H and O–H groups in total. The van der Waals surface area contributed by atoms with Crippen molar-refractivity contribution in [2.24, 2.45) is 28.7 Å². The minimum absolute atomic E-state index is 0.176. The zero-order valence-electron chi connectivity index (χ0n) is 25.3. The highest BCUT2D eigenvalue weighted by atomic mass is 16.4. The number of carbonyl (C=O) groups excluding carboxylic acids is 3. The number of rotatable bonds is 10. The third kappa shape index (κ3) is 31.1. The van der Waals surface area contributed by atoms with Crippen molar-refractivity contribution < 1.29 is 29.4 Å². The summed E-state index contributed by atoms with van der Waals surface area (Å²) in [5.41, 5.74) is 10.9. The molecule has 0 saturated heterocycles. The Kier molecular flexibility index (Phi) is 28.5. The number of likely N-dealkylation sites (N-methyl/N-ethyl adjacent to an activating group) is 1. The first-order valence-corrected chi connectivity index (χ1v) is 13.2. The minimum Gasteiger partial charge on any atom is -0.508 e. The first-order valence-electron chi connectivity index (χ1n) is 13.2. The Morgan fingerprint density at radius 1 is 1.05 bits per heavy atom. The summed E-state index contributed by atoms with van der Waals surface area (Å²) in [6.45, 7) is 17.5. The van der Waals surface area contributed by atoms with Crippen molar-refractivity contribution >= 4 is 24.1 Å². The summed E-state index contributed by atoms with van der Waals surface area (Å²) in [4.78, 5) is 40.3. The highest BCUT2D eigenvalue weighted by Crippen LogP contribution is 2.23. The average molecular weight is 542 g/mol. The highest BCUT2D eigenvalue weighted by Gasteiger charge is 2.18. The van der Waals surface area contributed by atoms with E-state index in [0.29, 0.717) is 12.3 Å². The number of carboxylic acids is 1. The summed E-state index contributed by atoms with van der Waals surface area (Å²) in [6.07, 6.45) is 4.91. The molecular weight excluding hydrogens is 486 g/mol. The number of hydrogen-bond donors (Lipinski definition) is 5. The monoisotopic (exact) mass is 541 g/mol. The molecule has 9 heteroatoms. The van der Waals surface area contributed by atoms with E-state index in [-0.39, 0.29) is 34.9 Å². The summed E-state index contributed by atoms with van der Waals surface area (Å²) >= 11 is 0. The van der Waals surface area contributed by atoms with Crippen LogP contribution in [0.15, 0.2) is 24.3 Å². The Balaban J connectivity index is -0.000000207. The summed E-state index contributed by atoms with van der Waals surface area (Å²) in [5.74, 6) is -0.900. The Hall–Kier alpha value is -2.94. The van der Waals surface area contributed by atoms with Gasteiger partial charge in [0.15, 0.2) is 0 Å². The topological polar surface area (TPSA) is 173 Å². The Bertz CT molecular complexity index is 742. The number of amides is 2. The second kappa shape index (κ2) is 25.7. The molecule has 9 nitrogen and oxygen atoms in total. The minimum atomic E-state index is -0.686. The van der Waals surface area contributed by atoms with E-state index >= 15 is 0 Å². The van der Waals surface area contributed by atoms with Crippen molar-refractivity contribution in [2.45, 2.75) is 100 Å². The predicted molar refractivity (Wildman–Crippen MR) is 156 cm³/mol. The van der Waals surface area contributed by atoms with Gasteiger partial charge in [0, 0.05) is 13.3 Å². The lowest BCUT2D eigenvalue weighted by atomic mass is 9.87. The molecule has 38 heavy (non-hydrogen) atoms. The van der Waals surface area contributed by atoms with E-state index in [2.05, 4.69) is 31.8 Å². The predicted octanol–water partition coefficient (Wildman–Crippen LogP) is 4.68. The van der Waals surface area contributed by atoms with E-state index in [1.807, 2.05) is 39.8 Å². The summed E-state index contributed by atoms with van der Waals surface area (Å²) in [5, 5.41) is 20.4. The van der Waals surface area contributed by atoms with Gasteiger partial charge < -0.3 is 31.8 Å². The van der Waals surface area contributed by atoms with E-state index in [1.165, 1.54) is 6.92 Å². The number of phenols is 1. The molecule has 222 valence electrons. The number of hydrogen-bond acceptors (Lipinski definition) is 6. The molecule has 0 aromatic heterocycles. The molecule has 0 aliphatic rings. The van der Waals surface area contributed by atoms with E-state index in [9.17, 15) is 19.2 Å². The van der Waals surface area contributed by atoms with Crippen LogP contribution >= 0.6 is 0 Å². The number of carbonyl (C=O) groups is 4. The molecule has 3 atom stereocenters. The normalized spacial score (nSPS) is 12.1. The maximum Gasteiger partial charge on any atom is 0.306 e. The first kappa shape index (κ1) is 42.2. The fraction of sp³-hybridized carbons (Fsp3) is 0.655. The van der Waals surface area contributed by atoms with Crippen LogP contribution in [0.2, 0.25) is 0 Å². The zero-order valence-corrected chi connectivity index (χ0v) is 25.3. The summed E-state index contributed by atoms with van der Waals surface area (Å²) < 4.78 is 0. The smallest absolute Gasteiger partial charge is 0.306 e. The SMILES string of the molecule is CC.CC(CCC(C)(C)C)C(=O)O.CC(N)=O.CC[C@H](C)C(NC)C(N)=O.O=CCCc1ccc(O)cc1. The molecule has 2 amide bonds. The molecule has 0 fully saturated rings. The van der Waals surface area contributed by atoms with Crippen LogP contribution in [0.3, 0.4) is 0 Å². The molecule has 0 aliphatic heterocycles. The Morgan fingerprint density at radius 3 is 1.76 bits per heavy atom. The van der Waals surface area contributed by atoms with Crippen molar-refractivity contribution in [3.8, 4) is 5.75 Å². The molecule has 0 bridgehead atoms. The van der Waals surface area contributed by atoms with Crippen LogP contribution in [0.4, 0.5) is 0 Å². The summed E-state index contributed by atoms with van der Waals surface area (Å²) in [7, 11) is 1.75. The molecule has 0 aliphatic carbocycles. The number of phenolic OH excluding ortho intramolecular Hbond substituents is 1. The lowest BCUT2D eigenvalue weighted by molar-refractivity contribution is -0.141. The average Bonchev–Trinajstić information content (AvgIpc) is 2.83. The van der Waals surface area contributed by atoms with Crippen molar-refractivity contribution in [2.75, 3.05) is 7.05 Å². The lowest BCUT2D eigenvalue weighted by Crippen LogP contribution is -2.43. The van der Waals surface area contributed by atoms with Crippen molar-refractivity contribution in [3.63, 3.8) is 0 Å². The maximum atomic E-state index is 10.7. The van der Waals surface area contributed by atoms with Crippen molar-refractivity contribution in [1.82, 2.24) is 5.32 Å². The second-order valence-electron chi connectivity index (χ2n) is 9.88. The van der Waals surface area contributed by atoms with Gasteiger partial charge in [0.25, 0.3) is 0 Å². The molecule has 1 aromatic carbocycles. The molecule has 0 radical (unpaired) electrons. The number of aromatic hydroxyl groups is 1. The Morgan fingerprint density at radius 2 is 1.50 bits per heavy atom. The van der Waals surface area contributed by atoms with E-state index in [1.54, 1.807) is 26.1 Å². The molecule has 2 unspecified atom stereocenters. The van der Waals surface area contributed by atoms with Gasteiger partial charge in [0.2, 0.25) is 11.8 Å². The van der Waals surface area contributed by atoms with Crippen LogP contribution in [-0.4, -0.2) is 47.4 Å². The number of nitrogens with one attached hydrogen (secondary N) is 1. The number of nitrogens with two attached hydrogens (primary N) is 2. The third-order valence-corrected chi connectivity index (χ3v) is 5.07. The zero-order chi connectivity index (χ0) is 30.9. The Labute approximate surface area is 230 Å². The van der Waals surface area contributed by atoms with Crippen LogP contribution in [0.5, 0.6) is 5.75 Å². The van der Waals surface area contributed by atoms with Gasteiger partial charge in [-0.3, -0.25) is 14.4 Å². The number of aldehydes is 1. The van der Waals surface area contributed by atoms with Gasteiger partial charge in [0.05, 0.1) is 12.0 Å². The van der Waals surface area contributed by atoms with Gasteiger partial charge in [-0.05, 0) is 55.3 Å². The number of carboxylic acid groups (broad SMARTS) is 1. The first-order chi connectivity index (χ1) is 17.5. The molecule has 0 saturated carbocycles. The molecule has 1 aromatic rings. The van der Waals surface area contributed by atoms with E-state index in [0.717, 1.165) is 37.5 Å².